The molecule has 118 valence electrons. The molecule has 2 heterocycles. The van der Waals surface area contributed by atoms with Crippen molar-refractivity contribution in [3.8, 4) is 0 Å². The summed E-state index contributed by atoms with van der Waals surface area (Å²) in [6.07, 6.45) is 2.21. The number of carbonyl (C=O) groups excluding carboxylic acids is 4. The Kier molecular flexibility index (Phi) is 5.41. The van der Waals surface area contributed by atoms with Gasteiger partial charge in [0.25, 0.3) is 11.8 Å². The largest absolute Gasteiger partial charge is 0.695 e. The highest BCUT2D eigenvalue weighted by Crippen LogP contribution is 2.28. The second-order valence-corrected chi connectivity index (χ2v) is 6.26. The van der Waals surface area contributed by atoms with Crippen molar-refractivity contribution in [1.82, 2.24) is 9.80 Å². The average Bonchev–Trinajstić information content (AvgIpc) is 2.90. The molecule has 2 unspecified atom stereocenters. The Morgan fingerprint density at radius 1 is 1.18 bits per heavy atom. The average molecular weight is 347 g/mol. The molecule has 1 saturated heterocycles. The lowest BCUT2D eigenvalue weighted by Crippen LogP contribution is -2.41. The zero-order valence-electron chi connectivity index (χ0n) is 11.2. The van der Waals surface area contributed by atoms with E-state index in [4.69, 9.17) is 4.89 Å². The number of hydrogen-bond donors (Lipinski definition) is 1. The fourth-order valence-corrected chi connectivity index (χ4v) is 3.33. The number of rotatable bonds is 7. The molecule has 0 radical (unpaired) electrons. The smallest absolute Gasteiger partial charge is 0.280 e. The minimum absolute atomic E-state index is 0.0464. The van der Waals surface area contributed by atoms with Gasteiger partial charge in [0, 0.05) is 36.2 Å². The number of nitrogens with zero attached hydrogens (tertiary/aromatic N) is 2. The number of imide groups is 2. The first-order valence-electron chi connectivity index (χ1n) is 6.18. The molecule has 2 atom stereocenters. The van der Waals surface area contributed by atoms with E-state index in [1.54, 1.807) is 0 Å². The topological polar surface area (TPSA) is 121 Å². The van der Waals surface area contributed by atoms with Crippen LogP contribution in [0.2, 0.25) is 0 Å². The third kappa shape index (κ3) is 3.77. The Hall–Kier alpha value is -1.61. The standard InChI is InChI=1S/C11H11N2O7PS/c14-8-1-2-9(15)12(8)3-4-13-10(16)5-7(11(13)17)22-6-20-21(18)19/h1-2,7H,3-6H2/p+1. The zero-order valence-corrected chi connectivity index (χ0v) is 12.9. The minimum Gasteiger partial charge on any atom is -0.280 e. The van der Waals surface area contributed by atoms with Crippen molar-refractivity contribution in [2.45, 2.75) is 11.7 Å². The van der Waals surface area contributed by atoms with Crippen LogP contribution in [-0.2, 0) is 28.3 Å². The van der Waals surface area contributed by atoms with E-state index in [0.29, 0.717) is 0 Å². The summed E-state index contributed by atoms with van der Waals surface area (Å²) >= 11 is 0.949. The van der Waals surface area contributed by atoms with Gasteiger partial charge in [0.1, 0.15) is 0 Å². The van der Waals surface area contributed by atoms with Gasteiger partial charge in [0.2, 0.25) is 11.8 Å². The second kappa shape index (κ2) is 7.10. The number of amides is 4. The predicted octanol–water partition coefficient (Wildman–Crippen LogP) is -0.604. The maximum absolute atomic E-state index is 12.0. The summed E-state index contributed by atoms with van der Waals surface area (Å²) in [4.78, 5) is 57.0. The number of likely N-dealkylation sites (tertiary alicyclic amines) is 1. The Bertz CT molecular complexity index is 561. The van der Waals surface area contributed by atoms with E-state index in [2.05, 4.69) is 4.52 Å². The lowest BCUT2D eigenvalue weighted by atomic mass is 10.4. The fourth-order valence-electron chi connectivity index (χ4n) is 2.03. The van der Waals surface area contributed by atoms with Crippen LogP contribution in [0.5, 0.6) is 0 Å². The van der Waals surface area contributed by atoms with E-state index in [-0.39, 0.29) is 25.4 Å². The number of hydrogen-bond acceptors (Lipinski definition) is 7. The van der Waals surface area contributed by atoms with Crippen molar-refractivity contribution in [3.05, 3.63) is 12.2 Å². The highest BCUT2D eigenvalue weighted by molar-refractivity contribution is 8.00. The summed E-state index contributed by atoms with van der Waals surface area (Å²) in [6.45, 7) is -0.123. The summed E-state index contributed by atoms with van der Waals surface area (Å²) < 4.78 is 14.8. The summed E-state index contributed by atoms with van der Waals surface area (Å²) in [5.74, 6) is -2.01. The molecule has 0 aromatic heterocycles. The molecule has 22 heavy (non-hydrogen) atoms. The van der Waals surface area contributed by atoms with Crippen LogP contribution >= 0.6 is 20.0 Å². The van der Waals surface area contributed by atoms with Gasteiger partial charge in [-0.15, -0.1) is 21.2 Å². The zero-order chi connectivity index (χ0) is 16.3. The molecule has 0 bridgehead atoms. The van der Waals surface area contributed by atoms with Gasteiger partial charge in [0.05, 0.1) is 5.25 Å². The van der Waals surface area contributed by atoms with Crippen molar-refractivity contribution >= 4 is 43.6 Å². The number of thioether (sulfide) groups is 1. The van der Waals surface area contributed by atoms with Gasteiger partial charge >= 0.3 is 8.25 Å². The molecule has 0 spiro atoms. The van der Waals surface area contributed by atoms with Gasteiger partial charge in [-0.2, -0.15) is 0 Å². The maximum atomic E-state index is 12.0. The summed E-state index contributed by atoms with van der Waals surface area (Å²) in [6, 6.07) is 0. The highest BCUT2D eigenvalue weighted by atomic mass is 32.2. The molecule has 9 nitrogen and oxygen atoms in total. The van der Waals surface area contributed by atoms with Crippen LogP contribution in [0.3, 0.4) is 0 Å². The van der Waals surface area contributed by atoms with Crippen molar-refractivity contribution in [2.24, 2.45) is 0 Å². The molecular formula is C11H12N2O7PS+. The van der Waals surface area contributed by atoms with Crippen molar-refractivity contribution in [1.29, 1.82) is 0 Å². The Labute approximate surface area is 130 Å². The van der Waals surface area contributed by atoms with Gasteiger partial charge in [-0.25, -0.2) is 0 Å². The first-order valence-corrected chi connectivity index (χ1v) is 8.36. The molecule has 2 rings (SSSR count). The molecule has 0 aromatic carbocycles. The van der Waals surface area contributed by atoms with Gasteiger partial charge in [-0.3, -0.25) is 29.0 Å². The summed E-state index contributed by atoms with van der Waals surface area (Å²) in [5, 5.41) is -0.689. The van der Waals surface area contributed by atoms with Crippen LogP contribution in [-0.4, -0.2) is 62.6 Å². The third-order valence-corrected chi connectivity index (χ3v) is 4.63. The molecule has 4 amide bonds. The Balaban J connectivity index is 1.85. The van der Waals surface area contributed by atoms with Crippen molar-refractivity contribution < 1.29 is 33.2 Å². The molecule has 11 heteroatoms. The van der Waals surface area contributed by atoms with Gasteiger partial charge in [-0.1, -0.05) is 0 Å². The third-order valence-electron chi connectivity index (χ3n) is 3.08. The normalized spacial score (nSPS) is 22.2. The Morgan fingerprint density at radius 2 is 1.77 bits per heavy atom. The molecule has 0 aromatic rings. The van der Waals surface area contributed by atoms with E-state index in [9.17, 15) is 23.7 Å². The van der Waals surface area contributed by atoms with E-state index >= 15 is 0 Å². The van der Waals surface area contributed by atoms with Gasteiger partial charge in [0.15, 0.2) is 5.94 Å². The molecule has 2 aliphatic heterocycles. The van der Waals surface area contributed by atoms with Gasteiger partial charge < -0.3 is 0 Å². The minimum atomic E-state index is -2.75. The molecule has 2 aliphatic rings. The van der Waals surface area contributed by atoms with Gasteiger partial charge in [-0.05, 0) is 0 Å². The van der Waals surface area contributed by atoms with E-state index in [1.807, 2.05) is 0 Å². The first-order chi connectivity index (χ1) is 10.4. The van der Waals surface area contributed by atoms with Crippen LogP contribution < -0.4 is 0 Å². The summed E-state index contributed by atoms with van der Waals surface area (Å²) in [7, 11) is -2.75. The van der Waals surface area contributed by atoms with Crippen LogP contribution in [0.1, 0.15) is 6.42 Å². The monoisotopic (exact) mass is 347 g/mol. The maximum Gasteiger partial charge on any atom is 0.695 e. The van der Waals surface area contributed by atoms with Crippen molar-refractivity contribution in [3.63, 3.8) is 0 Å². The first kappa shape index (κ1) is 16.8. The molecule has 1 N–H and O–H groups in total. The fraction of sp³-hybridized carbons (Fsp3) is 0.455. The molecular weight excluding hydrogens is 335 g/mol. The molecule has 0 aliphatic carbocycles. The number of carbonyl (C=O) groups is 4. The highest BCUT2D eigenvalue weighted by Gasteiger charge is 2.39. The lowest BCUT2D eigenvalue weighted by Gasteiger charge is -2.19. The predicted molar refractivity (Wildman–Crippen MR) is 74.4 cm³/mol. The van der Waals surface area contributed by atoms with E-state index in [1.165, 1.54) is 0 Å². The quantitative estimate of drug-likeness (QED) is 0.368. The van der Waals surface area contributed by atoms with Crippen LogP contribution in [0.4, 0.5) is 0 Å². The summed E-state index contributed by atoms with van der Waals surface area (Å²) in [5.41, 5.74) is 0. The second-order valence-electron chi connectivity index (χ2n) is 4.39. The van der Waals surface area contributed by atoms with Crippen LogP contribution in [0.25, 0.3) is 0 Å². The van der Waals surface area contributed by atoms with E-state index in [0.717, 1.165) is 33.7 Å². The molecule has 0 saturated carbocycles. The molecule has 1 fully saturated rings. The SMILES string of the molecule is O=C1C=CC(=O)N1CCN1C(=O)CC(SCO[P+](=O)O)C1=O. The lowest BCUT2D eigenvalue weighted by molar-refractivity contribution is -0.142. The van der Waals surface area contributed by atoms with Crippen molar-refractivity contribution in [2.75, 3.05) is 19.0 Å². The van der Waals surface area contributed by atoms with E-state index < -0.39 is 37.1 Å². The Morgan fingerprint density at radius 3 is 2.36 bits per heavy atom. The van der Waals surface area contributed by atoms with Crippen LogP contribution in [0.15, 0.2) is 12.2 Å². The van der Waals surface area contributed by atoms with Crippen LogP contribution in [0, 0.1) is 0 Å².